The van der Waals surface area contributed by atoms with Crippen molar-refractivity contribution in [1.29, 1.82) is 0 Å². The van der Waals surface area contributed by atoms with Gasteiger partial charge in [0.2, 0.25) is 0 Å². The van der Waals surface area contributed by atoms with Crippen molar-refractivity contribution >= 4 is 6.21 Å². The largest absolute Gasteiger partial charge is 0.260 e. The highest BCUT2D eigenvalue weighted by Gasteiger charge is 2.18. The van der Waals surface area contributed by atoms with Crippen molar-refractivity contribution in [3.63, 3.8) is 0 Å². The van der Waals surface area contributed by atoms with Crippen molar-refractivity contribution < 1.29 is 0 Å². The molecule has 0 atom stereocenters. The van der Waals surface area contributed by atoms with E-state index in [4.69, 9.17) is 0 Å². The maximum absolute atomic E-state index is 4.23. The standard InChI is InChI=1S/C8H9N/c1-6-5-9-8-4-2-3-7(6)8/h5H,1-4H2. The van der Waals surface area contributed by atoms with E-state index < -0.39 is 0 Å². The van der Waals surface area contributed by atoms with Crippen LogP contribution in [-0.4, -0.2) is 6.21 Å². The molecule has 0 spiro atoms. The van der Waals surface area contributed by atoms with Crippen LogP contribution in [0.15, 0.2) is 28.4 Å². The van der Waals surface area contributed by atoms with Gasteiger partial charge < -0.3 is 0 Å². The lowest BCUT2D eigenvalue weighted by atomic mass is 10.1. The average molecular weight is 119 g/mol. The minimum Gasteiger partial charge on any atom is -0.260 e. The van der Waals surface area contributed by atoms with Crippen LogP contribution in [0.1, 0.15) is 19.3 Å². The fourth-order valence-corrected chi connectivity index (χ4v) is 1.45. The van der Waals surface area contributed by atoms with Gasteiger partial charge in [-0.05, 0) is 30.4 Å². The molecule has 0 N–H and O–H groups in total. The van der Waals surface area contributed by atoms with E-state index in [2.05, 4.69) is 11.6 Å². The van der Waals surface area contributed by atoms with Crippen molar-refractivity contribution in [2.75, 3.05) is 0 Å². The molecule has 1 heteroatoms. The van der Waals surface area contributed by atoms with Crippen LogP contribution < -0.4 is 0 Å². The maximum atomic E-state index is 4.23. The van der Waals surface area contributed by atoms with E-state index in [0.29, 0.717) is 0 Å². The molecule has 0 amide bonds. The Morgan fingerprint density at radius 3 is 3.11 bits per heavy atom. The Hall–Kier alpha value is -0.850. The Morgan fingerprint density at radius 1 is 1.44 bits per heavy atom. The van der Waals surface area contributed by atoms with Crippen LogP contribution in [0.5, 0.6) is 0 Å². The molecule has 1 heterocycles. The maximum Gasteiger partial charge on any atom is 0.0442 e. The summed E-state index contributed by atoms with van der Waals surface area (Å²) < 4.78 is 0. The van der Waals surface area contributed by atoms with Crippen molar-refractivity contribution in [2.24, 2.45) is 4.99 Å². The predicted octanol–water partition coefficient (Wildman–Crippen LogP) is 2.06. The number of hydrogen-bond acceptors (Lipinski definition) is 1. The van der Waals surface area contributed by atoms with Crippen molar-refractivity contribution in [1.82, 2.24) is 0 Å². The summed E-state index contributed by atoms with van der Waals surface area (Å²) in [6.45, 7) is 3.89. The third-order valence-electron chi connectivity index (χ3n) is 1.95. The van der Waals surface area contributed by atoms with Gasteiger partial charge in [-0.25, -0.2) is 0 Å². The van der Waals surface area contributed by atoms with Gasteiger partial charge in [0.05, 0.1) is 0 Å². The second kappa shape index (κ2) is 1.56. The highest BCUT2D eigenvalue weighted by Crippen LogP contribution is 2.34. The first-order chi connectivity index (χ1) is 4.38. The van der Waals surface area contributed by atoms with Gasteiger partial charge in [-0.3, -0.25) is 4.99 Å². The number of nitrogens with zero attached hydrogens (tertiary/aromatic N) is 1. The lowest BCUT2D eigenvalue weighted by Gasteiger charge is -1.91. The van der Waals surface area contributed by atoms with Gasteiger partial charge in [0.1, 0.15) is 0 Å². The van der Waals surface area contributed by atoms with Gasteiger partial charge in [-0.1, -0.05) is 6.58 Å². The Morgan fingerprint density at radius 2 is 2.33 bits per heavy atom. The molecule has 1 aliphatic carbocycles. The summed E-state index contributed by atoms with van der Waals surface area (Å²) >= 11 is 0. The van der Waals surface area contributed by atoms with E-state index in [0.717, 1.165) is 5.57 Å². The molecule has 0 fully saturated rings. The molecule has 0 radical (unpaired) electrons. The second-order valence-corrected chi connectivity index (χ2v) is 2.56. The summed E-state index contributed by atoms with van der Waals surface area (Å²) in [7, 11) is 0. The molecule has 2 rings (SSSR count). The molecule has 0 saturated carbocycles. The highest BCUT2D eigenvalue weighted by molar-refractivity contribution is 5.88. The fourth-order valence-electron chi connectivity index (χ4n) is 1.45. The number of hydrogen-bond donors (Lipinski definition) is 0. The van der Waals surface area contributed by atoms with Gasteiger partial charge in [-0.2, -0.15) is 0 Å². The molecular weight excluding hydrogens is 110 g/mol. The van der Waals surface area contributed by atoms with Crippen LogP contribution in [0.2, 0.25) is 0 Å². The van der Waals surface area contributed by atoms with E-state index in [1.807, 2.05) is 6.21 Å². The zero-order valence-electron chi connectivity index (χ0n) is 5.35. The highest BCUT2D eigenvalue weighted by atomic mass is 14.8. The van der Waals surface area contributed by atoms with Crippen molar-refractivity contribution in [2.45, 2.75) is 19.3 Å². The normalized spacial score (nSPS) is 23.8. The summed E-state index contributed by atoms with van der Waals surface area (Å²) in [4.78, 5) is 4.23. The molecule has 0 aromatic carbocycles. The molecule has 9 heavy (non-hydrogen) atoms. The van der Waals surface area contributed by atoms with Crippen LogP contribution in [0, 0.1) is 0 Å². The van der Waals surface area contributed by atoms with Gasteiger partial charge in [-0.15, -0.1) is 0 Å². The van der Waals surface area contributed by atoms with Gasteiger partial charge in [0.15, 0.2) is 0 Å². The molecule has 0 bridgehead atoms. The van der Waals surface area contributed by atoms with Crippen molar-refractivity contribution in [3.8, 4) is 0 Å². The summed E-state index contributed by atoms with van der Waals surface area (Å²) in [5.41, 5.74) is 3.84. The van der Waals surface area contributed by atoms with E-state index in [9.17, 15) is 0 Å². The quantitative estimate of drug-likeness (QED) is 0.463. The molecule has 0 saturated heterocycles. The topological polar surface area (TPSA) is 12.4 Å². The Kier molecular flexibility index (Phi) is 0.865. The summed E-state index contributed by atoms with van der Waals surface area (Å²) in [5.74, 6) is 0. The van der Waals surface area contributed by atoms with Crippen molar-refractivity contribution in [3.05, 3.63) is 23.4 Å². The molecule has 2 aliphatic rings. The molecule has 0 aromatic heterocycles. The molecule has 1 nitrogen and oxygen atoms in total. The molecule has 0 unspecified atom stereocenters. The zero-order chi connectivity index (χ0) is 6.27. The minimum absolute atomic E-state index is 1.14. The van der Waals surface area contributed by atoms with Crippen LogP contribution in [0.3, 0.4) is 0 Å². The zero-order valence-corrected chi connectivity index (χ0v) is 5.35. The lowest BCUT2D eigenvalue weighted by Crippen LogP contribution is -1.79. The predicted molar refractivity (Wildman–Crippen MR) is 38.5 cm³/mol. The fraction of sp³-hybridized carbons (Fsp3) is 0.375. The van der Waals surface area contributed by atoms with E-state index in [1.165, 1.54) is 30.5 Å². The van der Waals surface area contributed by atoms with Crippen LogP contribution in [0.4, 0.5) is 0 Å². The summed E-state index contributed by atoms with van der Waals surface area (Å²) in [6, 6.07) is 0. The molecule has 0 aromatic rings. The van der Waals surface area contributed by atoms with Gasteiger partial charge in [0.25, 0.3) is 0 Å². The Bertz CT molecular complexity index is 215. The Balaban J connectivity index is 2.44. The summed E-state index contributed by atoms with van der Waals surface area (Å²) in [5, 5.41) is 0. The third kappa shape index (κ3) is 0.576. The van der Waals surface area contributed by atoms with E-state index >= 15 is 0 Å². The second-order valence-electron chi connectivity index (χ2n) is 2.56. The summed E-state index contributed by atoms with van der Waals surface area (Å²) in [6.07, 6.45) is 5.53. The van der Waals surface area contributed by atoms with Crippen LogP contribution in [0.25, 0.3) is 0 Å². The molecular formula is C8H9N. The van der Waals surface area contributed by atoms with Crippen LogP contribution >= 0.6 is 0 Å². The first-order valence-corrected chi connectivity index (χ1v) is 3.33. The lowest BCUT2D eigenvalue weighted by molar-refractivity contribution is 0.890. The van der Waals surface area contributed by atoms with Gasteiger partial charge in [0, 0.05) is 11.9 Å². The average Bonchev–Trinajstić information content (AvgIpc) is 2.35. The monoisotopic (exact) mass is 119 g/mol. The molecule has 1 aliphatic heterocycles. The first-order valence-electron chi connectivity index (χ1n) is 3.33. The SMILES string of the molecule is C=C1C=NC2=C1CCC2. The van der Waals surface area contributed by atoms with Gasteiger partial charge >= 0.3 is 0 Å². The number of allylic oxidation sites excluding steroid dienone is 3. The Labute approximate surface area is 54.8 Å². The number of rotatable bonds is 0. The minimum atomic E-state index is 1.14. The third-order valence-corrected chi connectivity index (χ3v) is 1.95. The smallest absolute Gasteiger partial charge is 0.0442 e. The molecule has 46 valence electrons. The van der Waals surface area contributed by atoms with E-state index in [-0.39, 0.29) is 0 Å². The first kappa shape index (κ1) is 4.98. The van der Waals surface area contributed by atoms with Crippen LogP contribution in [-0.2, 0) is 0 Å². The van der Waals surface area contributed by atoms with E-state index in [1.54, 1.807) is 0 Å². The number of aliphatic imine (C=N–C) groups is 1.